The molecule has 0 rings (SSSR count). The molecule has 0 aliphatic carbocycles. The maximum absolute atomic E-state index is 11.4. The molecule has 0 saturated carbocycles. The maximum Gasteiger partial charge on any atom is 0.225 e. The van der Waals surface area contributed by atoms with Crippen LogP contribution in [0.15, 0.2) is 0 Å². The molecule has 0 aromatic carbocycles. The Hall–Kier alpha value is -0.570. The third-order valence-electron chi connectivity index (χ3n) is 1.98. The van der Waals surface area contributed by atoms with Crippen molar-refractivity contribution in [2.45, 2.75) is 40.5 Å². The second kappa shape index (κ2) is 6.82. The van der Waals surface area contributed by atoms with Crippen LogP contribution < -0.4 is 10.6 Å². The van der Waals surface area contributed by atoms with Crippen LogP contribution in [0.2, 0.25) is 0 Å². The van der Waals surface area contributed by atoms with Gasteiger partial charge in [0.2, 0.25) is 5.91 Å². The molecule has 3 nitrogen and oxygen atoms in total. The van der Waals surface area contributed by atoms with Gasteiger partial charge < -0.3 is 10.6 Å². The van der Waals surface area contributed by atoms with Gasteiger partial charge in [-0.2, -0.15) is 0 Å². The molecule has 0 aliphatic rings. The Labute approximate surface area is 87.6 Å². The zero-order valence-electron chi connectivity index (χ0n) is 9.94. The first kappa shape index (κ1) is 13.4. The minimum absolute atomic E-state index is 0.120. The summed E-state index contributed by atoms with van der Waals surface area (Å²) in [4.78, 5) is 11.4. The summed E-state index contributed by atoms with van der Waals surface area (Å²) in [5, 5.41) is 6.18. The molecule has 0 aliphatic heterocycles. The standard InChI is InChI=1S/C11H24N2O/c1-5-6-7-12-8-9-13-10(14)11(2,3)4/h12H,5-9H2,1-4H3,(H,13,14). The molecule has 3 heteroatoms. The minimum atomic E-state index is -0.274. The van der Waals surface area contributed by atoms with Gasteiger partial charge in [-0.15, -0.1) is 0 Å². The molecule has 0 bridgehead atoms. The Balaban J connectivity index is 3.33. The van der Waals surface area contributed by atoms with Gasteiger partial charge >= 0.3 is 0 Å². The van der Waals surface area contributed by atoms with E-state index in [9.17, 15) is 4.79 Å². The van der Waals surface area contributed by atoms with E-state index in [1.807, 2.05) is 20.8 Å². The molecule has 0 aromatic rings. The van der Waals surface area contributed by atoms with Crippen molar-refractivity contribution in [3.63, 3.8) is 0 Å². The molecular formula is C11H24N2O. The Morgan fingerprint density at radius 1 is 1.14 bits per heavy atom. The van der Waals surface area contributed by atoms with Crippen LogP contribution in [0.4, 0.5) is 0 Å². The molecule has 0 heterocycles. The van der Waals surface area contributed by atoms with Gasteiger partial charge in [-0.3, -0.25) is 4.79 Å². The second-order valence-corrected chi connectivity index (χ2v) is 4.61. The Bertz CT molecular complexity index is 161. The van der Waals surface area contributed by atoms with Crippen LogP contribution in [0.1, 0.15) is 40.5 Å². The van der Waals surface area contributed by atoms with Gasteiger partial charge in [0.1, 0.15) is 0 Å². The van der Waals surface area contributed by atoms with E-state index in [-0.39, 0.29) is 11.3 Å². The molecule has 0 aromatic heterocycles. The van der Waals surface area contributed by atoms with Gasteiger partial charge in [-0.05, 0) is 13.0 Å². The molecule has 0 atom stereocenters. The molecule has 0 unspecified atom stereocenters. The first-order chi connectivity index (χ1) is 6.48. The first-order valence-corrected chi connectivity index (χ1v) is 5.47. The summed E-state index contributed by atoms with van der Waals surface area (Å²) in [5.41, 5.74) is -0.274. The summed E-state index contributed by atoms with van der Waals surface area (Å²) in [7, 11) is 0. The minimum Gasteiger partial charge on any atom is -0.354 e. The summed E-state index contributed by atoms with van der Waals surface area (Å²) in [5.74, 6) is 0.120. The number of hydrogen-bond acceptors (Lipinski definition) is 2. The Kier molecular flexibility index (Phi) is 6.54. The summed E-state index contributed by atoms with van der Waals surface area (Å²) in [6.07, 6.45) is 2.41. The summed E-state index contributed by atoms with van der Waals surface area (Å²) in [6.45, 7) is 10.6. The highest BCUT2D eigenvalue weighted by Crippen LogP contribution is 2.11. The van der Waals surface area contributed by atoms with Crippen molar-refractivity contribution >= 4 is 5.91 Å². The molecule has 0 spiro atoms. The smallest absolute Gasteiger partial charge is 0.225 e. The van der Waals surface area contributed by atoms with E-state index >= 15 is 0 Å². The molecule has 0 saturated heterocycles. The molecule has 2 N–H and O–H groups in total. The molecule has 1 amide bonds. The van der Waals surface area contributed by atoms with Crippen LogP contribution in [-0.4, -0.2) is 25.5 Å². The predicted molar refractivity (Wildman–Crippen MR) is 60.2 cm³/mol. The SMILES string of the molecule is CCCCNCCNC(=O)C(C)(C)C. The quantitative estimate of drug-likeness (QED) is 0.639. The van der Waals surface area contributed by atoms with E-state index in [2.05, 4.69) is 17.6 Å². The number of hydrogen-bond donors (Lipinski definition) is 2. The highest BCUT2D eigenvalue weighted by molar-refractivity contribution is 5.81. The van der Waals surface area contributed by atoms with Gasteiger partial charge in [0.25, 0.3) is 0 Å². The zero-order chi connectivity index (χ0) is 11.0. The van der Waals surface area contributed by atoms with Crippen LogP contribution >= 0.6 is 0 Å². The van der Waals surface area contributed by atoms with Crippen molar-refractivity contribution in [3.8, 4) is 0 Å². The number of carbonyl (C=O) groups excluding carboxylic acids is 1. The van der Waals surface area contributed by atoms with Crippen molar-refractivity contribution in [2.24, 2.45) is 5.41 Å². The van der Waals surface area contributed by atoms with E-state index in [4.69, 9.17) is 0 Å². The van der Waals surface area contributed by atoms with Crippen molar-refractivity contribution in [2.75, 3.05) is 19.6 Å². The highest BCUT2D eigenvalue weighted by Gasteiger charge is 2.19. The number of rotatable bonds is 6. The Morgan fingerprint density at radius 3 is 2.29 bits per heavy atom. The lowest BCUT2D eigenvalue weighted by atomic mass is 9.96. The molecule has 0 fully saturated rings. The number of carbonyl (C=O) groups is 1. The van der Waals surface area contributed by atoms with Crippen LogP contribution in [0.25, 0.3) is 0 Å². The van der Waals surface area contributed by atoms with Crippen LogP contribution in [0, 0.1) is 5.41 Å². The number of amides is 1. The second-order valence-electron chi connectivity index (χ2n) is 4.61. The van der Waals surface area contributed by atoms with Crippen molar-refractivity contribution < 1.29 is 4.79 Å². The summed E-state index contributed by atoms with van der Waals surface area (Å²) >= 11 is 0. The molecular weight excluding hydrogens is 176 g/mol. The van der Waals surface area contributed by atoms with Gasteiger partial charge in [-0.1, -0.05) is 34.1 Å². The van der Waals surface area contributed by atoms with E-state index < -0.39 is 0 Å². The van der Waals surface area contributed by atoms with E-state index in [1.54, 1.807) is 0 Å². The lowest BCUT2D eigenvalue weighted by molar-refractivity contribution is -0.128. The topological polar surface area (TPSA) is 41.1 Å². The van der Waals surface area contributed by atoms with Gasteiger partial charge in [0, 0.05) is 18.5 Å². The fourth-order valence-corrected chi connectivity index (χ4v) is 0.956. The first-order valence-electron chi connectivity index (χ1n) is 5.47. The van der Waals surface area contributed by atoms with Crippen LogP contribution in [0.3, 0.4) is 0 Å². The molecule has 14 heavy (non-hydrogen) atoms. The van der Waals surface area contributed by atoms with E-state index in [0.29, 0.717) is 0 Å². The van der Waals surface area contributed by atoms with Gasteiger partial charge in [0.05, 0.1) is 0 Å². The van der Waals surface area contributed by atoms with E-state index in [1.165, 1.54) is 12.8 Å². The average Bonchev–Trinajstić information content (AvgIpc) is 2.09. The van der Waals surface area contributed by atoms with Crippen molar-refractivity contribution in [1.82, 2.24) is 10.6 Å². The lowest BCUT2D eigenvalue weighted by Gasteiger charge is -2.17. The van der Waals surface area contributed by atoms with Crippen molar-refractivity contribution in [3.05, 3.63) is 0 Å². The lowest BCUT2D eigenvalue weighted by Crippen LogP contribution is -2.38. The summed E-state index contributed by atoms with van der Waals surface area (Å²) in [6, 6.07) is 0. The number of unbranched alkanes of at least 4 members (excludes halogenated alkanes) is 1. The third-order valence-corrected chi connectivity index (χ3v) is 1.98. The van der Waals surface area contributed by atoms with Crippen LogP contribution in [-0.2, 0) is 4.79 Å². The normalized spacial score (nSPS) is 11.4. The van der Waals surface area contributed by atoms with Crippen molar-refractivity contribution in [1.29, 1.82) is 0 Å². The molecule has 84 valence electrons. The summed E-state index contributed by atoms with van der Waals surface area (Å²) < 4.78 is 0. The van der Waals surface area contributed by atoms with Gasteiger partial charge in [-0.25, -0.2) is 0 Å². The largest absolute Gasteiger partial charge is 0.354 e. The average molecular weight is 200 g/mol. The fourth-order valence-electron chi connectivity index (χ4n) is 0.956. The highest BCUT2D eigenvalue weighted by atomic mass is 16.2. The van der Waals surface area contributed by atoms with E-state index in [0.717, 1.165) is 19.6 Å². The number of nitrogens with one attached hydrogen (secondary N) is 2. The predicted octanol–water partition coefficient (Wildman–Crippen LogP) is 1.54. The maximum atomic E-state index is 11.4. The molecule has 0 radical (unpaired) electrons. The van der Waals surface area contributed by atoms with Gasteiger partial charge in [0.15, 0.2) is 0 Å². The third kappa shape index (κ3) is 6.89. The van der Waals surface area contributed by atoms with Crippen LogP contribution in [0.5, 0.6) is 0 Å². The fraction of sp³-hybridized carbons (Fsp3) is 0.909. The zero-order valence-corrected chi connectivity index (χ0v) is 9.94. The Morgan fingerprint density at radius 2 is 1.79 bits per heavy atom. The monoisotopic (exact) mass is 200 g/mol.